The second-order valence-corrected chi connectivity index (χ2v) is 6.52. The van der Waals surface area contributed by atoms with Gasteiger partial charge in [-0.2, -0.15) is 0 Å². The Kier molecular flexibility index (Phi) is 4.40. The first kappa shape index (κ1) is 16.3. The number of nitrogens with one attached hydrogen (secondary N) is 1. The number of nitrogens with zero attached hydrogens (tertiary/aromatic N) is 2. The summed E-state index contributed by atoms with van der Waals surface area (Å²) in [5, 5.41) is 12.0. The molecule has 2 heterocycles. The molecule has 1 aromatic heterocycles. The summed E-state index contributed by atoms with van der Waals surface area (Å²) in [5.41, 5.74) is 0.848. The standard InChI is InChI=1S/C18H15N3O4S/c1-11(25-13-5-3-2-4-6-13)16(22)19-18-21-20-17(26-18)12-7-8-14-15(9-12)24-10-23-14/h2-9,11H,10H2,1H3,(H,19,21,22)/t11-/m0/s1. The molecule has 26 heavy (non-hydrogen) atoms. The molecule has 0 aliphatic carbocycles. The molecule has 8 heteroatoms. The third kappa shape index (κ3) is 3.45. The molecular weight excluding hydrogens is 354 g/mol. The quantitative estimate of drug-likeness (QED) is 0.743. The molecule has 1 aliphatic heterocycles. The van der Waals surface area contributed by atoms with Crippen LogP contribution in [0.2, 0.25) is 0 Å². The highest BCUT2D eigenvalue weighted by Gasteiger charge is 2.19. The van der Waals surface area contributed by atoms with Crippen molar-refractivity contribution in [1.29, 1.82) is 0 Å². The van der Waals surface area contributed by atoms with Gasteiger partial charge in [0.25, 0.3) is 5.91 Å². The fraction of sp³-hybridized carbons (Fsp3) is 0.167. The second-order valence-electron chi connectivity index (χ2n) is 5.54. The summed E-state index contributed by atoms with van der Waals surface area (Å²) in [7, 11) is 0. The van der Waals surface area contributed by atoms with Gasteiger partial charge in [0.1, 0.15) is 10.8 Å². The molecule has 0 unspecified atom stereocenters. The van der Waals surface area contributed by atoms with Crippen LogP contribution < -0.4 is 19.5 Å². The number of hydrogen-bond donors (Lipinski definition) is 1. The summed E-state index contributed by atoms with van der Waals surface area (Å²) in [5.74, 6) is 1.72. The Hall–Kier alpha value is -3.13. The summed E-state index contributed by atoms with van der Waals surface area (Å²) < 4.78 is 16.3. The van der Waals surface area contributed by atoms with Crippen LogP contribution in [0.5, 0.6) is 17.2 Å². The highest BCUT2D eigenvalue weighted by Crippen LogP contribution is 2.37. The van der Waals surface area contributed by atoms with Crippen molar-refractivity contribution in [3.8, 4) is 27.8 Å². The third-order valence-corrected chi connectivity index (χ3v) is 4.59. The van der Waals surface area contributed by atoms with E-state index in [0.717, 1.165) is 5.56 Å². The average molecular weight is 369 g/mol. The van der Waals surface area contributed by atoms with E-state index < -0.39 is 6.10 Å². The lowest BCUT2D eigenvalue weighted by Gasteiger charge is -2.13. The maximum Gasteiger partial charge on any atom is 0.266 e. The van der Waals surface area contributed by atoms with Crippen LogP contribution in [0.3, 0.4) is 0 Å². The Bertz CT molecular complexity index is 929. The van der Waals surface area contributed by atoms with Gasteiger partial charge in [0.05, 0.1) is 0 Å². The number of amides is 1. The van der Waals surface area contributed by atoms with Crippen LogP contribution in [0.15, 0.2) is 48.5 Å². The molecule has 1 N–H and O–H groups in total. The lowest BCUT2D eigenvalue weighted by Crippen LogP contribution is -2.30. The van der Waals surface area contributed by atoms with Crippen molar-refractivity contribution >= 4 is 22.4 Å². The molecule has 0 saturated carbocycles. The highest BCUT2D eigenvalue weighted by molar-refractivity contribution is 7.18. The van der Waals surface area contributed by atoms with Gasteiger partial charge in [0.2, 0.25) is 11.9 Å². The van der Waals surface area contributed by atoms with Gasteiger partial charge in [-0.15, -0.1) is 10.2 Å². The molecule has 0 bridgehead atoms. The topological polar surface area (TPSA) is 82.6 Å². The normalized spacial score (nSPS) is 13.3. The SMILES string of the molecule is C[C@H](Oc1ccccc1)C(=O)Nc1nnc(-c2ccc3c(c2)OCO3)s1. The average Bonchev–Trinajstić information content (AvgIpc) is 3.31. The summed E-state index contributed by atoms with van der Waals surface area (Å²) in [4.78, 5) is 12.3. The van der Waals surface area contributed by atoms with Crippen LogP contribution in [-0.2, 0) is 4.79 Å². The Morgan fingerprint density at radius 3 is 2.81 bits per heavy atom. The number of benzene rings is 2. The van der Waals surface area contributed by atoms with Crippen molar-refractivity contribution in [2.75, 3.05) is 12.1 Å². The van der Waals surface area contributed by atoms with Crippen molar-refractivity contribution in [2.24, 2.45) is 0 Å². The zero-order valence-corrected chi connectivity index (χ0v) is 14.7. The van der Waals surface area contributed by atoms with Gasteiger partial charge in [0.15, 0.2) is 17.6 Å². The number of carbonyl (C=O) groups excluding carboxylic acids is 1. The Balaban J connectivity index is 1.42. The van der Waals surface area contributed by atoms with Crippen LogP contribution in [0, 0.1) is 0 Å². The molecule has 0 radical (unpaired) electrons. The predicted octanol–water partition coefficient (Wildman–Crippen LogP) is 3.34. The summed E-state index contributed by atoms with van der Waals surface area (Å²) >= 11 is 1.28. The minimum atomic E-state index is -0.657. The number of ether oxygens (including phenoxy) is 3. The lowest BCUT2D eigenvalue weighted by molar-refractivity contribution is -0.122. The van der Waals surface area contributed by atoms with E-state index in [4.69, 9.17) is 14.2 Å². The Morgan fingerprint density at radius 2 is 1.96 bits per heavy atom. The number of hydrogen-bond acceptors (Lipinski definition) is 7. The molecule has 1 atom stereocenters. The van der Waals surface area contributed by atoms with E-state index in [9.17, 15) is 4.79 Å². The fourth-order valence-corrected chi connectivity index (χ4v) is 3.13. The van der Waals surface area contributed by atoms with Gasteiger partial charge in [-0.25, -0.2) is 0 Å². The highest BCUT2D eigenvalue weighted by atomic mass is 32.1. The predicted molar refractivity (Wildman–Crippen MR) is 96.6 cm³/mol. The molecule has 3 aromatic rings. The van der Waals surface area contributed by atoms with Crippen LogP contribution in [0.4, 0.5) is 5.13 Å². The van der Waals surface area contributed by atoms with E-state index in [1.807, 2.05) is 36.4 Å². The number of carbonyl (C=O) groups is 1. The van der Waals surface area contributed by atoms with Crippen molar-refractivity contribution in [1.82, 2.24) is 10.2 Å². The Morgan fingerprint density at radius 1 is 1.15 bits per heavy atom. The molecule has 0 fully saturated rings. The molecule has 0 saturated heterocycles. The molecule has 1 amide bonds. The van der Waals surface area contributed by atoms with E-state index in [2.05, 4.69) is 15.5 Å². The zero-order valence-electron chi connectivity index (χ0n) is 13.8. The smallest absolute Gasteiger partial charge is 0.266 e. The number of rotatable bonds is 5. The number of aromatic nitrogens is 2. The van der Waals surface area contributed by atoms with Gasteiger partial charge >= 0.3 is 0 Å². The summed E-state index contributed by atoms with van der Waals surface area (Å²) in [6.07, 6.45) is -0.657. The van der Waals surface area contributed by atoms with Crippen LogP contribution in [0.25, 0.3) is 10.6 Å². The molecule has 2 aromatic carbocycles. The van der Waals surface area contributed by atoms with Gasteiger partial charge < -0.3 is 14.2 Å². The molecule has 1 aliphatic rings. The molecule has 4 rings (SSSR count). The fourth-order valence-electron chi connectivity index (χ4n) is 2.38. The van der Waals surface area contributed by atoms with Crippen molar-refractivity contribution in [3.05, 3.63) is 48.5 Å². The zero-order chi connectivity index (χ0) is 17.9. The first-order valence-electron chi connectivity index (χ1n) is 7.95. The minimum absolute atomic E-state index is 0.218. The minimum Gasteiger partial charge on any atom is -0.481 e. The van der Waals surface area contributed by atoms with E-state index in [1.165, 1.54) is 11.3 Å². The lowest BCUT2D eigenvalue weighted by atomic mass is 10.2. The van der Waals surface area contributed by atoms with Crippen molar-refractivity contribution in [2.45, 2.75) is 13.0 Å². The summed E-state index contributed by atoms with van der Waals surface area (Å²) in [6, 6.07) is 14.7. The maximum atomic E-state index is 12.3. The van der Waals surface area contributed by atoms with Crippen molar-refractivity contribution in [3.63, 3.8) is 0 Å². The van der Waals surface area contributed by atoms with Gasteiger partial charge in [0, 0.05) is 5.56 Å². The third-order valence-electron chi connectivity index (χ3n) is 3.70. The Labute approximate surface area is 153 Å². The monoisotopic (exact) mass is 369 g/mol. The van der Waals surface area contributed by atoms with E-state index in [-0.39, 0.29) is 12.7 Å². The maximum absolute atomic E-state index is 12.3. The molecular formula is C18H15N3O4S. The number of anilines is 1. The largest absolute Gasteiger partial charge is 0.481 e. The first-order valence-corrected chi connectivity index (χ1v) is 8.77. The number of para-hydroxylation sites is 1. The van der Waals surface area contributed by atoms with E-state index >= 15 is 0 Å². The van der Waals surface area contributed by atoms with E-state index in [0.29, 0.717) is 27.4 Å². The van der Waals surface area contributed by atoms with Gasteiger partial charge in [-0.05, 0) is 37.3 Å². The van der Waals surface area contributed by atoms with Gasteiger partial charge in [-0.3, -0.25) is 10.1 Å². The first-order chi connectivity index (χ1) is 12.7. The molecule has 7 nitrogen and oxygen atoms in total. The van der Waals surface area contributed by atoms with Crippen LogP contribution >= 0.6 is 11.3 Å². The van der Waals surface area contributed by atoms with Crippen molar-refractivity contribution < 1.29 is 19.0 Å². The van der Waals surface area contributed by atoms with E-state index in [1.54, 1.807) is 19.1 Å². The molecule has 0 spiro atoms. The molecule has 132 valence electrons. The summed E-state index contributed by atoms with van der Waals surface area (Å²) in [6.45, 7) is 1.90. The second kappa shape index (κ2) is 7.01. The van der Waals surface area contributed by atoms with Crippen LogP contribution in [-0.4, -0.2) is 29.0 Å². The number of fused-ring (bicyclic) bond motifs is 1. The van der Waals surface area contributed by atoms with Gasteiger partial charge in [-0.1, -0.05) is 29.5 Å². The van der Waals surface area contributed by atoms with Crippen LogP contribution in [0.1, 0.15) is 6.92 Å².